The lowest BCUT2D eigenvalue weighted by molar-refractivity contribution is 0.648. The fourth-order valence-electron chi connectivity index (χ4n) is 1.76. The molecule has 0 fully saturated rings. The number of nitrogens with two attached hydrogens (primary N) is 1. The van der Waals surface area contributed by atoms with E-state index in [1.807, 2.05) is 35.1 Å². The van der Waals surface area contributed by atoms with Crippen molar-refractivity contribution in [2.24, 2.45) is 5.73 Å². The summed E-state index contributed by atoms with van der Waals surface area (Å²) in [6, 6.07) is 7.77. The highest BCUT2D eigenvalue weighted by Gasteiger charge is 2.01. The molecule has 0 saturated heterocycles. The van der Waals surface area contributed by atoms with Crippen LogP contribution in [-0.4, -0.2) is 21.5 Å². The van der Waals surface area contributed by atoms with Gasteiger partial charge in [0.05, 0.1) is 12.2 Å². The maximum absolute atomic E-state index is 5.84. The van der Waals surface area contributed by atoms with Gasteiger partial charge in [0.15, 0.2) is 0 Å². The van der Waals surface area contributed by atoms with E-state index in [2.05, 4.69) is 10.3 Å². The van der Waals surface area contributed by atoms with Crippen molar-refractivity contribution in [3.8, 4) is 0 Å². The zero-order valence-corrected chi connectivity index (χ0v) is 11.0. The first-order valence-corrected chi connectivity index (χ1v) is 6.49. The van der Waals surface area contributed by atoms with Crippen LogP contribution in [0.25, 0.3) is 0 Å². The Bertz CT molecular complexity index is 478. The van der Waals surface area contributed by atoms with E-state index in [0.29, 0.717) is 0 Å². The summed E-state index contributed by atoms with van der Waals surface area (Å²) in [6.07, 6.45) is 5.03. The number of aromatic nitrogens is 3. The smallest absolute Gasteiger partial charge is 0.0827 e. The molecule has 0 aliphatic heterocycles. The third-order valence-corrected chi connectivity index (χ3v) is 2.98. The molecule has 0 saturated carbocycles. The Morgan fingerprint density at radius 1 is 1.17 bits per heavy atom. The SMILES string of the molecule is NCCCCc1cn(Cc2ccc(Cl)cc2)nn1. The van der Waals surface area contributed by atoms with Gasteiger partial charge in [-0.3, -0.25) is 0 Å². The third-order valence-electron chi connectivity index (χ3n) is 2.73. The fourth-order valence-corrected chi connectivity index (χ4v) is 1.88. The van der Waals surface area contributed by atoms with Crippen molar-refractivity contribution in [1.29, 1.82) is 0 Å². The van der Waals surface area contributed by atoms with Gasteiger partial charge in [-0.2, -0.15) is 0 Å². The zero-order chi connectivity index (χ0) is 12.8. The molecule has 5 heteroatoms. The van der Waals surface area contributed by atoms with E-state index in [0.717, 1.165) is 48.6 Å². The first-order valence-electron chi connectivity index (χ1n) is 6.11. The molecule has 0 amide bonds. The van der Waals surface area contributed by atoms with Crippen molar-refractivity contribution >= 4 is 11.6 Å². The van der Waals surface area contributed by atoms with Crippen LogP contribution in [0.4, 0.5) is 0 Å². The minimum Gasteiger partial charge on any atom is -0.330 e. The van der Waals surface area contributed by atoms with Crippen molar-refractivity contribution in [2.75, 3.05) is 6.54 Å². The normalized spacial score (nSPS) is 10.8. The molecular formula is C13H17ClN4. The largest absolute Gasteiger partial charge is 0.330 e. The number of hydrogen-bond acceptors (Lipinski definition) is 3. The Labute approximate surface area is 112 Å². The fraction of sp³-hybridized carbons (Fsp3) is 0.385. The van der Waals surface area contributed by atoms with Crippen LogP contribution in [0.3, 0.4) is 0 Å². The lowest BCUT2D eigenvalue weighted by atomic mass is 10.2. The topological polar surface area (TPSA) is 56.7 Å². The van der Waals surface area contributed by atoms with Crippen molar-refractivity contribution in [3.05, 3.63) is 46.7 Å². The van der Waals surface area contributed by atoms with E-state index in [4.69, 9.17) is 17.3 Å². The van der Waals surface area contributed by atoms with Gasteiger partial charge in [0.1, 0.15) is 0 Å². The summed E-state index contributed by atoms with van der Waals surface area (Å²) in [5.41, 5.74) is 7.65. The number of aryl methyl sites for hydroxylation is 1. The van der Waals surface area contributed by atoms with E-state index in [1.54, 1.807) is 0 Å². The van der Waals surface area contributed by atoms with Crippen LogP contribution >= 0.6 is 11.6 Å². The van der Waals surface area contributed by atoms with E-state index in [-0.39, 0.29) is 0 Å². The average Bonchev–Trinajstić information content (AvgIpc) is 2.80. The lowest BCUT2D eigenvalue weighted by Crippen LogP contribution is -2.00. The second-order valence-electron chi connectivity index (χ2n) is 4.28. The Balaban J connectivity index is 1.91. The number of halogens is 1. The van der Waals surface area contributed by atoms with Gasteiger partial charge in [-0.1, -0.05) is 28.9 Å². The van der Waals surface area contributed by atoms with Crippen LogP contribution in [0.1, 0.15) is 24.1 Å². The van der Waals surface area contributed by atoms with Crippen molar-refractivity contribution in [3.63, 3.8) is 0 Å². The molecule has 0 atom stereocenters. The Hall–Kier alpha value is -1.39. The second-order valence-corrected chi connectivity index (χ2v) is 4.72. The van der Waals surface area contributed by atoms with E-state index >= 15 is 0 Å². The number of unbranched alkanes of at least 4 members (excludes halogenated alkanes) is 1. The maximum Gasteiger partial charge on any atom is 0.0827 e. The molecule has 0 bridgehead atoms. The predicted octanol–water partition coefficient (Wildman–Crippen LogP) is 2.26. The van der Waals surface area contributed by atoms with Gasteiger partial charge in [0.2, 0.25) is 0 Å². The van der Waals surface area contributed by atoms with Gasteiger partial charge in [0, 0.05) is 11.2 Å². The molecule has 18 heavy (non-hydrogen) atoms. The van der Waals surface area contributed by atoms with Gasteiger partial charge in [0.25, 0.3) is 0 Å². The Morgan fingerprint density at radius 3 is 2.67 bits per heavy atom. The van der Waals surface area contributed by atoms with Crippen LogP contribution in [0.5, 0.6) is 0 Å². The van der Waals surface area contributed by atoms with Crippen molar-refractivity contribution in [1.82, 2.24) is 15.0 Å². The van der Waals surface area contributed by atoms with Gasteiger partial charge >= 0.3 is 0 Å². The molecule has 2 aromatic rings. The van der Waals surface area contributed by atoms with Gasteiger partial charge < -0.3 is 5.73 Å². The van der Waals surface area contributed by atoms with Crippen molar-refractivity contribution < 1.29 is 0 Å². The van der Waals surface area contributed by atoms with Gasteiger partial charge in [-0.15, -0.1) is 5.10 Å². The predicted molar refractivity (Wildman–Crippen MR) is 72.6 cm³/mol. The van der Waals surface area contributed by atoms with E-state index in [1.165, 1.54) is 0 Å². The van der Waals surface area contributed by atoms with Gasteiger partial charge in [-0.05, 0) is 43.5 Å². The molecule has 1 aromatic carbocycles. The number of nitrogens with zero attached hydrogens (tertiary/aromatic N) is 3. The van der Waals surface area contributed by atoms with Gasteiger partial charge in [-0.25, -0.2) is 4.68 Å². The molecule has 0 aliphatic carbocycles. The molecule has 0 unspecified atom stereocenters. The molecule has 2 rings (SSSR count). The average molecular weight is 265 g/mol. The maximum atomic E-state index is 5.84. The molecule has 0 spiro atoms. The summed E-state index contributed by atoms with van der Waals surface area (Å²) in [6.45, 7) is 1.46. The second kappa shape index (κ2) is 6.52. The van der Waals surface area contributed by atoms with E-state index in [9.17, 15) is 0 Å². The summed E-state index contributed by atoms with van der Waals surface area (Å²) >= 11 is 5.84. The molecule has 2 N–H and O–H groups in total. The first kappa shape index (κ1) is 13.1. The molecule has 1 heterocycles. The van der Waals surface area contributed by atoms with Crippen molar-refractivity contribution in [2.45, 2.75) is 25.8 Å². The lowest BCUT2D eigenvalue weighted by Gasteiger charge is -2.00. The standard InChI is InChI=1S/C13H17ClN4/c14-12-6-4-11(5-7-12)9-18-10-13(16-17-18)3-1-2-8-15/h4-7,10H,1-3,8-9,15H2. The van der Waals surface area contributed by atoms with Crippen LogP contribution < -0.4 is 5.73 Å². The highest BCUT2D eigenvalue weighted by atomic mass is 35.5. The first-order chi connectivity index (χ1) is 8.78. The third kappa shape index (κ3) is 3.82. The van der Waals surface area contributed by atoms with Crippen LogP contribution in [0, 0.1) is 0 Å². The Kier molecular flexibility index (Phi) is 4.73. The highest BCUT2D eigenvalue weighted by Crippen LogP contribution is 2.10. The summed E-state index contributed by atoms with van der Waals surface area (Å²) in [5.74, 6) is 0. The minimum atomic E-state index is 0.723. The number of benzene rings is 1. The summed E-state index contributed by atoms with van der Waals surface area (Å²) < 4.78 is 1.85. The van der Waals surface area contributed by atoms with E-state index < -0.39 is 0 Å². The Morgan fingerprint density at radius 2 is 1.94 bits per heavy atom. The summed E-state index contributed by atoms with van der Waals surface area (Å²) in [7, 11) is 0. The van der Waals surface area contributed by atoms with Crippen LogP contribution in [0.2, 0.25) is 5.02 Å². The zero-order valence-electron chi connectivity index (χ0n) is 10.2. The highest BCUT2D eigenvalue weighted by molar-refractivity contribution is 6.30. The molecule has 4 nitrogen and oxygen atoms in total. The molecule has 0 aliphatic rings. The minimum absolute atomic E-state index is 0.723. The number of hydrogen-bond donors (Lipinski definition) is 1. The molecule has 96 valence electrons. The molecule has 0 radical (unpaired) electrons. The summed E-state index contributed by atoms with van der Waals surface area (Å²) in [5, 5.41) is 9.01. The van der Waals surface area contributed by atoms with Crippen LogP contribution in [0.15, 0.2) is 30.5 Å². The molecule has 1 aromatic heterocycles. The quantitative estimate of drug-likeness (QED) is 0.815. The summed E-state index contributed by atoms with van der Waals surface area (Å²) in [4.78, 5) is 0. The molecular weight excluding hydrogens is 248 g/mol. The number of rotatable bonds is 6. The monoisotopic (exact) mass is 264 g/mol. The van der Waals surface area contributed by atoms with Crippen LogP contribution in [-0.2, 0) is 13.0 Å².